The second-order valence-corrected chi connectivity index (χ2v) is 5.63. The number of aromatic nitrogens is 2. The van der Waals surface area contributed by atoms with Gasteiger partial charge in [0.25, 0.3) is 0 Å². The standard InChI is InChI=1S/C15H21N3/c1-3-4-15-17-13-9-11(16)5-6-14(13)18(15)12-7-10(2)8-12/h5-6,9-10,12H,3-4,7-8,16H2,1-2H3. The van der Waals surface area contributed by atoms with Crippen LogP contribution in [-0.2, 0) is 6.42 Å². The zero-order valence-corrected chi connectivity index (χ0v) is 11.2. The summed E-state index contributed by atoms with van der Waals surface area (Å²) in [6, 6.07) is 6.75. The number of benzene rings is 1. The fraction of sp³-hybridized carbons (Fsp3) is 0.533. The summed E-state index contributed by atoms with van der Waals surface area (Å²) in [5.41, 5.74) is 8.96. The molecule has 1 aliphatic carbocycles. The Labute approximate surface area is 108 Å². The molecule has 1 aromatic heterocycles. The van der Waals surface area contributed by atoms with E-state index >= 15 is 0 Å². The maximum absolute atomic E-state index is 5.85. The Hall–Kier alpha value is -1.51. The van der Waals surface area contributed by atoms with Gasteiger partial charge < -0.3 is 10.3 Å². The van der Waals surface area contributed by atoms with Crippen LogP contribution in [0, 0.1) is 5.92 Å². The molecule has 0 saturated heterocycles. The van der Waals surface area contributed by atoms with Crippen molar-refractivity contribution >= 4 is 16.7 Å². The molecule has 3 heteroatoms. The Morgan fingerprint density at radius 2 is 2.17 bits per heavy atom. The number of fused-ring (bicyclic) bond motifs is 1. The Bertz CT molecular complexity index is 564. The summed E-state index contributed by atoms with van der Waals surface area (Å²) in [7, 11) is 0. The number of nitrogens with zero attached hydrogens (tertiary/aromatic N) is 2. The molecule has 18 heavy (non-hydrogen) atoms. The van der Waals surface area contributed by atoms with Gasteiger partial charge in [-0.3, -0.25) is 0 Å². The smallest absolute Gasteiger partial charge is 0.110 e. The molecule has 3 rings (SSSR count). The lowest BCUT2D eigenvalue weighted by molar-refractivity contribution is 0.216. The molecular formula is C15H21N3. The van der Waals surface area contributed by atoms with Crippen molar-refractivity contribution in [1.82, 2.24) is 9.55 Å². The third kappa shape index (κ3) is 1.78. The van der Waals surface area contributed by atoms with E-state index in [1.807, 2.05) is 12.1 Å². The van der Waals surface area contributed by atoms with Gasteiger partial charge in [-0.15, -0.1) is 0 Å². The summed E-state index contributed by atoms with van der Waals surface area (Å²) in [4.78, 5) is 4.77. The van der Waals surface area contributed by atoms with Gasteiger partial charge in [-0.1, -0.05) is 13.8 Å². The minimum atomic E-state index is 0.648. The van der Waals surface area contributed by atoms with Crippen LogP contribution < -0.4 is 5.73 Å². The number of aryl methyl sites for hydroxylation is 1. The second-order valence-electron chi connectivity index (χ2n) is 5.63. The normalized spacial score (nSPS) is 23.2. The average Bonchev–Trinajstić information content (AvgIpc) is 2.62. The van der Waals surface area contributed by atoms with E-state index in [2.05, 4.69) is 24.5 Å². The molecule has 0 bridgehead atoms. The molecule has 0 atom stereocenters. The van der Waals surface area contributed by atoms with E-state index in [0.29, 0.717) is 6.04 Å². The van der Waals surface area contributed by atoms with Gasteiger partial charge in [0.2, 0.25) is 0 Å². The third-order valence-electron chi connectivity index (χ3n) is 3.97. The quantitative estimate of drug-likeness (QED) is 0.838. The number of imidazole rings is 1. The van der Waals surface area contributed by atoms with Gasteiger partial charge in [-0.2, -0.15) is 0 Å². The second kappa shape index (κ2) is 4.30. The molecule has 1 aliphatic rings. The maximum atomic E-state index is 5.85. The van der Waals surface area contributed by atoms with Crippen molar-refractivity contribution in [2.75, 3.05) is 5.73 Å². The van der Waals surface area contributed by atoms with Crippen LogP contribution >= 0.6 is 0 Å². The highest BCUT2D eigenvalue weighted by Gasteiger charge is 2.29. The molecule has 0 unspecified atom stereocenters. The Kier molecular flexibility index (Phi) is 2.77. The van der Waals surface area contributed by atoms with E-state index in [9.17, 15) is 0 Å². The summed E-state index contributed by atoms with van der Waals surface area (Å²) in [5.74, 6) is 2.09. The fourth-order valence-corrected chi connectivity index (χ4v) is 3.04. The van der Waals surface area contributed by atoms with Crippen LogP contribution in [0.5, 0.6) is 0 Å². The molecule has 1 saturated carbocycles. The zero-order valence-electron chi connectivity index (χ0n) is 11.2. The lowest BCUT2D eigenvalue weighted by Crippen LogP contribution is -2.26. The number of hydrogen-bond acceptors (Lipinski definition) is 2. The highest BCUT2D eigenvalue weighted by Crippen LogP contribution is 2.40. The summed E-state index contributed by atoms with van der Waals surface area (Å²) >= 11 is 0. The van der Waals surface area contributed by atoms with Crippen LogP contribution in [0.15, 0.2) is 18.2 Å². The van der Waals surface area contributed by atoms with E-state index in [0.717, 1.165) is 30.0 Å². The average molecular weight is 243 g/mol. The lowest BCUT2D eigenvalue weighted by Gasteiger charge is -2.35. The molecule has 3 nitrogen and oxygen atoms in total. The van der Waals surface area contributed by atoms with Crippen LogP contribution in [0.25, 0.3) is 11.0 Å². The SMILES string of the molecule is CCCc1nc2cc(N)ccc2n1C1CC(C)C1. The molecule has 1 aromatic carbocycles. The molecule has 0 radical (unpaired) electrons. The van der Waals surface area contributed by atoms with Crippen LogP contribution in [0.1, 0.15) is 45.0 Å². The van der Waals surface area contributed by atoms with Crippen molar-refractivity contribution in [3.63, 3.8) is 0 Å². The van der Waals surface area contributed by atoms with E-state index in [-0.39, 0.29) is 0 Å². The fourth-order valence-electron chi connectivity index (χ4n) is 3.04. The van der Waals surface area contributed by atoms with Crippen molar-refractivity contribution in [2.45, 2.75) is 45.6 Å². The van der Waals surface area contributed by atoms with Gasteiger partial charge in [0.1, 0.15) is 5.82 Å². The molecule has 0 aliphatic heterocycles. The van der Waals surface area contributed by atoms with E-state index in [1.54, 1.807) is 0 Å². The lowest BCUT2D eigenvalue weighted by atomic mass is 9.81. The number of nitrogen functional groups attached to an aromatic ring is 1. The third-order valence-corrected chi connectivity index (χ3v) is 3.97. The van der Waals surface area contributed by atoms with Gasteiger partial charge >= 0.3 is 0 Å². The summed E-state index contributed by atoms with van der Waals surface area (Å²) in [5, 5.41) is 0. The monoisotopic (exact) mass is 243 g/mol. The Balaban J connectivity index is 2.10. The molecule has 2 aromatic rings. The number of nitrogens with two attached hydrogens (primary N) is 1. The highest BCUT2D eigenvalue weighted by atomic mass is 15.1. The number of hydrogen-bond donors (Lipinski definition) is 1. The van der Waals surface area contributed by atoms with Crippen molar-refractivity contribution in [2.24, 2.45) is 5.92 Å². The van der Waals surface area contributed by atoms with Gasteiger partial charge in [-0.05, 0) is 43.4 Å². The van der Waals surface area contributed by atoms with Gasteiger partial charge in [0.05, 0.1) is 11.0 Å². The van der Waals surface area contributed by atoms with Gasteiger partial charge in [-0.25, -0.2) is 4.98 Å². The molecule has 1 heterocycles. The molecular weight excluding hydrogens is 222 g/mol. The topological polar surface area (TPSA) is 43.8 Å². The van der Waals surface area contributed by atoms with Crippen molar-refractivity contribution in [3.8, 4) is 0 Å². The summed E-state index contributed by atoms with van der Waals surface area (Å²) in [6.07, 6.45) is 4.76. The summed E-state index contributed by atoms with van der Waals surface area (Å²) in [6.45, 7) is 4.54. The molecule has 2 N–H and O–H groups in total. The van der Waals surface area contributed by atoms with Crippen LogP contribution in [0.2, 0.25) is 0 Å². The zero-order chi connectivity index (χ0) is 12.7. The Morgan fingerprint density at radius 1 is 1.39 bits per heavy atom. The number of anilines is 1. The maximum Gasteiger partial charge on any atom is 0.110 e. The van der Waals surface area contributed by atoms with E-state index < -0.39 is 0 Å². The van der Waals surface area contributed by atoms with Crippen LogP contribution in [-0.4, -0.2) is 9.55 Å². The molecule has 96 valence electrons. The van der Waals surface area contributed by atoms with Crippen LogP contribution in [0.3, 0.4) is 0 Å². The predicted molar refractivity (Wildman–Crippen MR) is 75.6 cm³/mol. The van der Waals surface area contributed by atoms with Gasteiger partial charge in [0, 0.05) is 18.2 Å². The molecule has 1 fully saturated rings. The van der Waals surface area contributed by atoms with Gasteiger partial charge in [0.15, 0.2) is 0 Å². The first-order valence-corrected chi connectivity index (χ1v) is 6.95. The molecule has 0 amide bonds. The first kappa shape index (κ1) is 11.6. The minimum Gasteiger partial charge on any atom is -0.399 e. The molecule has 0 spiro atoms. The van der Waals surface area contributed by atoms with Crippen molar-refractivity contribution in [3.05, 3.63) is 24.0 Å². The van der Waals surface area contributed by atoms with E-state index in [4.69, 9.17) is 10.7 Å². The minimum absolute atomic E-state index is 0.648. The predicted octanol–water partition coefficient (Wildman–Crippen LogP) is 3.54. The largest absolute Gasteiger partial charge is 0.399 e. The Morgan fingerprint density at radius 3 is 2.83 bits per heavy atom. The number of rotatable bonds is 3. The highest BCUT2D eigenvalue weighted by molar-refractivity contribution is 5.79. The first-order chi connectivity index (χ1) is 8.69. The van der Waals surface area contributed by atoms with Crippen molar-refractivity contribution in [1.29, 1.82) is 0 Å². The van der Waals surface area contributed by atoms with Crippen molar-refractivity contribution < 1.29 is 0 Å². The first-order valence-electron chi connectivity index (χ1n) is 6.95. The van der Waals surface area contributed by atoms with Crippen LogP contribution in [0.4, 0.5) is 5.69 Å². The summed E-state index contributed by atoms with van der Waals surface area (Å²) < 4.78 is 2.46. The van der Waals surface area contributed by atoms with E-state index in [1.165, 1.54) is 24.2 Å².